The summed E-state index contributed by atoms with van der Waals surface area (Å²) in [6.07, 6.45) is -7.06. The van der Waals surface area contributed by atoms with Crippen molar-refractivity contribution in [2.75, 3.05) is 26.8 Å². The highest BCUT2D eigenvalue weighted by Gasteiger charge is 2.52. The van der Waals surface area contributed by atoms with Crippen molar-refractivity contribution < 1.29 is 49.3 Å². The average Bonchev–Trinajstić information content (AvgIpc) is 3.25. The molecule has 0 saturated carbocycles. The largest absolute Gasteiger partial charge is 0.471 e. The first-order valence-corrected chi connectivity index (χ1v) is 13.2. The van der Waals surface area contributed by atoms with E-state index in [4.69, 9.17) is 18.9 Å². The summed E-state index contributed by atoms with van der Waals surface area (Å²) in [5, 5.41) is 53.1. The molecule has 0 unspecified atom stereocenters. The van der Waals surface area contributed by atoms with E-state index in [2.05, 4.69) is 16.0 Å². The second-order valence-corrected chi connectivity index (χ2v) is 10.7. The predicted octanol–water partition coefficient (Wildman–Crippen LogP) is -0.706. The molecule has 4 aliphatic heterocycles. The molecule has 6 rings (SSSR count). The Balaban J connectivity index is 1.34. The third kappa shape index (κ3) is 4.45. The lowest BCUT2D eigenvalue weighted by Crippen LogP contribution is -2.60. The minimum absolute atomic E-state index is 0.120. The van der Waals surface area contributed by atoms with Crippen LogP contribution in [0.4, 0.5) is 0 Å². The fraction of sp³-hybridized carbons (Fsp3) is 0.593. The molecule has 0 amide bonds. The molecule has 4 aliphatic rings. The number of carbonyl (C=O) groups excluding carboxylic acids is 1. The van der Waals surface area contributed by atoms with Crippen molar-refractivity contribution >= 4 is 16.9 Å². The molecule has 1 aromatic heterocycles. The van der Waals surface area contributed by atoms with Gasteiger partial charge in [-0.15, -0.1) is 0 Å². The van der Waals surface area contributed by atoms with E-state index in [-0.39, 0.29) is 18.2 Å². The molecule has 212 valence electrons. The number of benzene rings is 1. The number of esters is 1. The Bertz CT molecular complexity index is 1250. The number of ether oxygens (including phenoxy) is 4. The number of rotatable bonds is 4. The van der Waals surface area contributed by atoms with Gasteiger partial charge in [0.05, 0.1) is 43.6 Å². The second-order valence-electron chi connectivity index (χ2n) is 10.7. The van der Waals surface area contributed by atoms with Crippen LogP contribution in [0.3, 0.4) is 0 Å². The Hall–Kier alpha value is -2.55. The van der Waals surface area contributed by atoms with E-state index in [0.717, 1.165) is 23.0 Å². The Morgan fingerprint density at radius 2 is 1.92 bits per heavy atom. The molecule has 2 saturated heterocycles. The van der Waals surface area contributed by atoms with Gasteiger partial charge in [-0.2, -0.15) is 0 Å². The smallest absolute Gasteiger partial charge is 0.337 e. The van der Waals surface area contributed by atoms with Crippen molar-refractivity contribution in [2.24, 2.45) is 11.8 Å². The van der Waals surface area contributed by atoms with E-state index >= 15 is 0 Å². The Morgan fingerprint density at radius 3 is 2.69 bits per heavy atom. The van der Waals surface area contributed by atoms with Crippen LogP contribution in [-0.4, -0.2) is 111 Å². The molecule has 12 nitrogen and oxygen atoms in total. The maximum absolute atomic E-state index is 12.8. The van der Waals surface area contributed by atoms with Gasteiger partial charge in [-0.1, -0.05) is 18.2 Å². The summed E-state index contributed by atoms with van der Waals surface area (Å²) in [5.74, 6) is -1.87. The molecular weight excluding hydrogens is 512 g/mol. The maximum atomic E-state index is 12.8. The Kier molecular flexibility index (Phi) is 7.14. The molecule has 39 heavy (non-hydrogen) atoms. The molecule has 5 heterocycles. The van der Waals surface area contributed by atoms with Crippen LogP contribution in [0.2, 0.25) is 0 Å². The highest BCUT2D eigenvalue weighted by atomic mass is 16.8. The van der Waals surface area contributed by atoms with Crippen molar-refractivity contribution in [1.82, 2.24) is 9.88 Å². The van der Waals surface area contributed by atoms with Crippen LogP contribution < -0.4 is 0 Å². The first-order chi connectivity index (χ1) is 18.8. The first kappa shape index (κ1) is 26.7. The van der Waals surface area contributed by atoms with Gasteiger partial charge in [-0.3, -0.25) is 4.90 Å². The summed E-state index contributed by atoms with van der Waals surface area (Å²) in [6.45, 7) is 0.389. The lowest BCUT2D eigenvalue weighted by atomic mass is 9.77. The number of aliphatic hydroxyl groups is 5. The molecule has 12 heteroatoms. The normalized spacial score (nSPS) is 38.6. The maximum Gasteiger partial charge on any atom is 0.337 e. The lowest BCUT2D eigenvalue weighted by Gasteiger charge is -2.44. The van der Waals surface area contributed by atoms with Crippen molar-refractivity contribution in [3.63, 3.8) is 0 Å². The number of hydrogen-bond donors (Lipinski definition) is 6. The molecule has 0 radical (unpaired) electrons. The molecule has 0 spiro atoms. The zero-order valence-electron chi connectivity index (χ0n) is 21.4. The van der Waals surface area contributed by atoms with Crippen LogP contribution in [0.15, 0.2) is 36.1 Å². The van der Waals surface area contributed by atoms with Crippen LogP contribution in [0.5, 0.6) is 0 Å². The summed E-state index contributed by atoms with van der Waals surface area (Å²) in [6, 6.07) is 7.99. The predicted molar refractivity (Wildman–Crippen MR) is 134 cm³/mol. The standard InChI is InChI=1S/C27H34N2O10/c1-36-25(35)15-11-37-26(39-27-24(34)23(33)22(32)19(10-30)38-27)20-14(15)8-17-21-13(6-7-29(17)9-18(20)31)12-4-2-3-5-16(12)28-21/h2-5,11,14,17-20,22-24,26-28,30-34H,6-10H2,1H3/t14-,17-,18-,19+,20+,22+,23-,24+,26+,27-/m1/s1. The molecule has 6 N–H and O–H groups in total. The van der Waals surface area contributed by atoms with Gasteiger partial charge in [0.1, 0.15) is 24.4 Å². The number of methoxy groups -OCH3 is 1. The number of nitrogens with zero attached hydrogens (tertiary/aromatic N) is 1. The zero-order chi connectivity index (χ0) is 27.4. The van der Waals surface area contributed by atoms with Gasteiger partial charge in [-0.05, 0) is 24.5 Å². The number of aliphatic hydroxyl groups excluding tert-OH is 5. The van der Waals surface area contributed by atoms with Gasteiger partial charge in [0.25, 0.3) is 0 Å². The lowest BCUT2D eigenvalue weighted by molar-refractivity contribution is -0.345. The van der Waals surface area contributed by atoms with Crippen LogP contribution in [-0.2, 0) is 30.2 Å². The Labute approximate surface area is 224 Å². The van der Waals surface area contributed by atoms with Crippen molar-refractivity contribution in [3.8, 4) is 0 Å². The molecule has 0 bridgehead atoms. The molecule has 10 atom stereocenters. The van der Waals surface area contributed by atoms with Crippen molar-refractivity contribution in [1.29, 1.82) is 0 Å². The molecule has 0 aliphatic carbocycles. The van der Waals surface area contributed by atoms with E-state index in [0.29, 0.717) is 13.0 Å². The number of carbonyl (C=O) groups is 1. The number of hydrogen-bond acceptors (Lipinski definition) is 11. The van der Waals surface area contributed by atoms with Gasteiger partial charge in [-0.25, -0.2) is 4.79 Å². The summed E-state index contributed by atoms with van der Waals surface area (Å²) >= 11 is 0. The van der Waals surface area contributed by atoms with E-state index in [1.807, 2.05) is 18.2 Å². The van der Waals surface area contributed by atoms with Gasteiger partial charge in [0.2, 0.25) is 6.29 Å². The summed E-state index contributed by atoms with van der Waals surface area (Å²) in [5.41, 5.74) is 3.58. The van der Waals surface area contributed by atoms with Gasteiger partial charge in [0.15, 0.2) is 6.29 Å². The quantitative estimate of drug-likeness (QED) is 0.268. The van der Waals surface area contributed by atoms with Crippen LogP contribution in [0.1, 0.15) is 23.7 Å². The molecule has 2 aromatic rings. The highest BCUT2D eigenvalue weighted by molar-refractivity contribution is 5.89. The highest BCUT2D eigenvalue weighted by Crippen LogP contribution is 2.47. The van der Waals surface area contributed by atoms with Crippen molar-refractivity contribution in [2.45, 2.75) is 62.0 Å². The minimum Gasteiger partial charge on any atom is -0.471 e. The SMILES string of the molecule is COC(=O)C1=CO[C@@H](O[C@H]2O[C@@H](CO)[C@H](O)[C@@H](O)[C@@H]2O)[C@@H]2[C@H](O)CN3CCc4c([nH]c5ccccc45)[C@H]3C[C@H]12. The summed E-state index contributed by atoms with van der Waals surface area (Å²) in [7, 11) is 1.28. The Morgan fingerprint density at radius 1 is 1.13 bits per heavy atom. The number of fused-ring (bicyclic) bond motifs is 6. The third-order valence-corrected chi connectivity index (χ3v) is 8.66. The number of nitrogens with one attached hydrogen (secondary N) is 1. The van der Waals surface area contributed by atoms with E-state index < -0.39 is 67.5 Å². The number of aromatic nitrogens is 1. The molecule has 2 fully saturated rings. The van der Waals surface area contributed by atoms with Gasteiger partial charge >= 0.3 is 5.97 Å². The number of aromatic amines is 1. The van der Waals surface area contributed by atoms with Crippen LogP contribution in [0, 0.1) is 11.8 Å². The zero-order valence-corrected chi connectivity index (χ0v) is 21.4. The average molecular weight is 547 g/mol. The van der Waals surface area contributed by atoms with E-state index in [1.165, 1.54) is 18.9 Å². The summed E-state index contributed by atoms with van der Waals surface area (Å²) in [4.78, 5) is 18.6. The molecular formula is C27H34N2O10. The second kappa shape index (κ2) is 10.5. The van der Waals surface area contributed by atoms with E-state index in [9.17, 15) is 30.3 Å². The minimum atomic E-state index is -1.64. The van der Waals surface area contributed by atoms with E-state index in [1.54, 1.807) is 0 Å². The van der Waals surface area contributed by atoms with Gasteiger partial charge < -0.3 is 49.5 Å². The summed E-state index contributed by atoms with van der Waals surface area (Å²) < 4.78 is 22.3. The topological polar surface area (TPSA) is 174 Å². The molecule has 1 aromatic carbocycles. The fourth-order valence-corrected chi connectivity index (χ4v) is 6.66. The number of H-pyrrole nitrogens is 1. The first-order valence-electron chi connectivity index (χ1n) is 13.2. The number of para-hydroxylation sites is 1. The van der Waals surface area contributed by atoms with Crippen LogP contribution >= 0.6 is 0 Å². The van der Waals surface area contributed by atoms with Gasteiger partial charge in [0, 0.05) is 35.6 Å². The third-order valence-electron chi connectivity index (χ3n) is 8.66. The fourth-order valence-electron chi connectivity index (χ4n) is 6.66. The van der Waals surface area contributed by atoms with Crippen molar-refractivity contribution in [3.05, 3.63) is 47.4 Å². The monoisotopic (exact) mass is 546 g/mol. The van der Waals surface area contributed by atoms with Crippen LogP contribution in [0.25, 0.3) is 10.9 Å².